The number of methoxy groups -OCH3 is 3. The Morgan fingerprint density at radius 2 is 1.68 bits per heavy atom. The molecule has 0 unspecified atom stereocenters. The summed E-state index contributed by atoms with van der Waals surface area (Å²) in [6, 6.07) is 0.186. The molecule has 13 nitrogen and oxygen atoms in total. The average Bonchev–Trinajstić information content (AvgIpc) is 2.94. The van der Waals surface area contributed by atoms with E-state index in [0.717, 1.165) is 11.8 Å². The highest BCUT2D eigenvalue weighted by Crippen LogP contribution is 2.20. The summed E-state index contributed by atoms with van der Waals surface area (Å²) in [5, 5.41) is 5.51. The molecule has 0 saturated carbocycles. The molecular weight excluding hydrogens is 396 g/mol. The first-order valence-electron chi connectivity index (χ1n) is 7.55. The molecule has 2 aromatic heterocycles. The number of rotatable bonds is 6. The van der Waals surface area contributed by atoms with Crippen LogP contribution in [0.15, 0.2) is 11.1 Å². The molecule has 152 valence electrons. The van der Waals surface area contributed by atoms with E-state index in [1.807, 2.05) is 0 Å². The highest BCUT2D eigenvalue weighted by molar-refractivity contribution is 7.90. The number of aryl methyl sites for hydroxylation is 2. The molecule has 2 amide bonds. The van der Waals surface area contributed by atoms with Gasteiger partial charge in [-0.2, -0.15) is 23.5 Å². The molecule has 0 radical (unpaired) electrons. The van der Waals surface area contributed by atoms with Gasteiger partial charge in [0.05, 0.1) is 33.1 Å². The fourth-order valence-corrected chi connectivity index (χ4v) is 3.53. The molecule has 28 heavy (non-hydrogen) atoms. The number of ether oxygens (including phenoxy) is 3. The van der Waals surface area contributed by atoms with E-state index in [1.165, 1.54) is 34.3 Å². The number of sulfonamides is 1. The van der Waals surface area contributed by atoms with Crippen molar-refractivity contribution in [1.82, 2.24) is 24.5 Å². The number of urea groups is 1. The van der Waals surface area contributed by atoms with Crippen LogP contribution in [0.2, 0.25) is 0 Å². The smallest absolute Gasteiger partial charge is 0.342 e. The van der Waals surface area contributed by atoms with Crippen LogP contribution < -0.4 is 19.5 Å². The molecular formula is C14H18N6O7S. The minimum atomic E-state index is -4.49. The van der Waals surface area contributed by atoms with Gasteiger partial charge in [-0.3, -0.25) is 10.00 Å². The van der Waals surface area contributed by atoms with Crippen molar-refractivity contribution in [3.63, 3.8) is 0 Å². The van der Waals surface area contributed by atoms with Gasteiger partial charge in [0, 0.05) is 7.05 Å². The number of carbonyl (C=O) groups is 2. The van der Waals surface area contributed by atoms with Crippen LogP contribution in [-0.2, 0) is 21.8 Å². The molecule has 0 aliphatic heterocycles. The van der Waals surface area contributed by atoms with E-state index in [4.69, 9.17) is 9.47 Å². The standard InChI is InChI=1S/C14H18N6O7S/c1-7-10(12(21)27-5)11(20(2)18-7)28(23,24)19-14(22)17-13-15-8(25-3)6-9(16-13)26-4/h6H,1-5H3,(H2,15,16,17,19,22). The van der Waals surface area contributed by atoms with E-state index in [1.54, 1.807) is 4.72 Å². The summed E-state index contributed by atoms with van der Waals surface area (Å²) in [4.78, 5) is 31.8. The molecule has 0 atom stereocenters. The number of anilines is 1. The Balaban J connectivity index is 2.31. The van der Waals surface area contributed by atoms with Gasteiger partial charge in [-0.25, -0.2) is 14.3 Å². The lowest BCUT2D eigenvalue weighted by molar-refractivity contribution is 0.0595. The third-order valence-electron chi connectivity index (χ3n) is 3.36. The predicted molar refractivity (Wildman–Crippen MR) is 93.8 cm³/mol. The third kappa shape index (κ3) is 4.28. The van der Waals surface area contributed by atoms with Gasteiger partial charge in [-0.15, -0.1) is 0 Å². The van der Waals surface area contributed by atoms with Crippen molar-refractivity contribution in [2.24, 2.45) is 7.05 Å². The maximum atomic E-state index is 12.6. The summed E-state index contributed by atoms with van der Waals surface area (Å²) in [7, 11) is 0.601. The van der Waals surface area contributed by atoms with Gasteiger partial charge in [0.2, 0.25) is 17.7 Å². The number of aromatic nitrogens is 4. The topological polar surface area (TPSA) is 164 Å². The zero-order chi connectivity index (χ0) is 21.1. The van der Waals surface area contributed by atoms with Gasteiger partial charge in [-0.05, 0) is 6.92 Å². The molecule has 0 aliphatic carbocycles. The van der Waals surface area contributed by atoms with Crippen LogP contribution in [0, 0.1) is 6.92 Å². The molecule has 2 heterocycles. The first-order valence-corrected chi connectivity index (χ1v) is 9.04. The molecule has 2 aromatic rings. The summed E-state index contributed by atoms with van der Waals surface area (Å²) in [6.07, 6.45) is 0. The first-order chi connectivity index (χ1) is 13.1. The van der Waals surface area contributed by atoms with E-state index in [2.05, 4.69) is 25.1 Å². The molecule has 0 aliphatic rings. The Morgan fingerprint density at radius 3 is 2.18 bits per heavy atom. The van der Waals surface area contributed by atoms with Crippen LogP contribution in [-0.4, -0.2) is 61.5 Å². The van der Waals surface area contributed by atoms with Gasteiger partial charge >= 0.3 is 12.0 Å². The van der Waals surface area contributed by atoms with Crippen molar-refractivity contribution < 1.29 is 32.2 Å². The van der Waals surface area contributed by atoms with Crippen molar-refractivity contribution in [3.8, 4) is 11.8 Å². The van der Waals surface area contributed by atoms with Crippen molar-refractivity contribution in [3.05, 3.63) is 17.3 Å². The van der Waals surface area contributed by atoms with Gasteiger partial charge in [0.1, 0.15) is 5.56 Å². The number of hydrogen-bond donors (Lipinski definition) is 2. The summed E-state index contributed by atoms with van der Waals surface area (Å²) in [6.45, 7) is 1.43. The monoisotopic (exact) mass is 414 g/mol. The molecule has 2 N–H and O–H groups in total. The quantitative estimate of drug-likeness (QED) is 0.607. The highest BCUT2D eigenvalue weighted by Gasteiger charge is 2.32. The second kappa shape index (κ2) is 8.08. The van der Waals surface area contributed by atoms with Crippen LogP contribution in [0.5, 0.6) is 11.8 Å². The second-order valence-electron chi connectivity index (χ2n) is 5.22. The Morgan fingerprint density at radius 1 is 1.11 bits per heavy atom. The van der Waals surface area contributed by atoms with Crippen molar-refractivity contribution in [1.29, 1.82) is 0 Å². The average molecular weight is 414 g/mol. The van der Waals surface area contributed by atoms with E-state index in [-0.39, 0.29) is 29.0 Å². The fourth-order valence-electron chi connectivity index (χ4n) is 2.25. The third-order valence-corrected chi connectivity index (χ3v) is 4.80. The summed E-state index contributed by atoms with van der Waals surface area (Å²) >= 11 is 0. The van der Waals surface area contributed by atoms with Gasteiger partial charge in [0.25, 0.3) is 10.0 Å². The number of amides is 2. The van der Waals surface area contributed by atoms with Crippen molar-refractivity contribution >= 4 is 28.0 Å². The van der Waals surface area contributed by atoms with E-state index >= 15 is 0 Å². The van der Waals surface area contributed by atoms with Crippen molar-refractivity contribution in [2.75, 3.05) is 26.6 Å². The number of esters is 1. The van der Waals surface area contributed by atoms with E-state index < -0.39 is 27.0 Å². The largest absolute Gasteiger partial charge is 0.481 e. The van der Waals surface area contributed by atoms with Crippen LogP contribution >= 0.6 is 0 Å². The number of nitrogens with one attached hydrogen (secondary N) is 2. The first kappa shape index (κ1) is 20.9. The van der Waals surface area contributed by atoms with E-state index in [0.29, 0.717) is 0 Å². The Labute approximate surface area is 160 Å². The predicted octanol–water partition coefficient (Wildman–Crippen LogP) is -0.167. The molecule has 0 bridgehead atoms. The van der Waals surface area contributed by atoms with Crippen molar-refractivity contribution in [2.45, 2.75) is 11.9 Å². The minimum Gasteiger partial charge on any atom is -0.481 e. The lowest BCUT2D eigenvalue weighted by Crippen LogP contribution is -2.36. The molecule has 0 saturated heterocycles. The zero-order valence-corrected chi connectivity index (χ0v) is 16.4. The lowest BCUT2D eigenvalue weighted by atomic mass is 10.3. The second-order valence-corrected chi connectivity index (χ2v) is 6.81. The lowest BCUT2D eigenvalue weighted by Gasteiger charge is -2.10. The Bertz CT molecular complexity index is 995. The Hall–Kier alpha value is -3.42. The molecule has 0 aromatic carbocycles. The van der Waals surface area contributed by atoms with Crippen LogP contribution in [0.3, 0.4) is 0 Å². The molecule has 2 rings (SSSR count). The van der Waals surface area contributed by atoms with Crippen LogP contribution in [0.1, 0.15) is 16.1 Å². The SMILES string of the molecule is COC(=O)c1c(C)nn(C)c1S(=O)(=O)NC(=O)Nc1nc(OC)cc(OC)n1. The molecule has 0 fully saturated rings. The summed E-state index contributed by atoms with van der Waals surface area (Å²) < 4.78 is 42.4. The van der Waals surface area contributed by atoms with Gasteiger partial charge in [0.15, 0.2) is 5.03 Å². The molecule has 0 spiro atoms. The summed E-state index contributed by atoms with van der Waals surface area (Å²) in [5.41, 5.74) is -0.166. The number of carbonyl (C=O) groups excluding carboxylic acids is 2. The molecule has 14 heteroatoms. The fraction of sp³-hybridized carbons (Fsp3) is 0.357. The number of hydrogen-bond acceptors (Lipinski definition) is 10. The number of nitrogens with zero attached hydrogens (tertiary/aromatic N) is 4. The normalized spacial score (nSPS) is 10.9. The van der Waals surface area contributed by atoms with Gasteiger partial charge < -0.3 is 14.2 Å². The summed E-state index contributed by atoms with van der Waals surface area (Å²) in [5.74, 6) is -1.01. The highest BCUT2D eigenvalue weighted by atomic mass is 32.2. The minimum absolute atomic E-state index is 0.0836. The van der Waals surface area contributed by atoms with Crippen LogP contribution in [0.4, 0.5) is 10.7 Å². The maximum Gasteiger partial charge on any atom is 0.342 e. The van der Waals surface area contributed by atoms with Crippen LogP contribution in [0.25, 0.3) is 0 Å². The van der Waals surface area contributed by atoms with Gasteiger partial charge in [-0.1, -0.05) is 0 Å². The Kier molecular flexibility index (Phi) is 6.03. The zero-order valence-electron chi connectivity index (χ0n) is 15.6. The van der Waals surface area contributed by atoms with E-state index in [9.17, 15) is 18.0 Å². The maximum absolute atomic E-state index is 12.6.